The molecule has 0 atom stereocenters. The summed E-state index contributed by atoms with van der Waals surface area (Å²) >= 11 is 0. The van der Waals surface area contributed by atoms with Crippen LogP contribution in [0.2, 0.25) is 0 Å². The van der Waals surface area contributed by atoms with Gasteiger partial charge in [0.2, 0.25) is 0 Å². The molecule has 0 spiro atoms. The Bertz CT molecular complexity index is 342. The van der Waals surface area contributed by atoms with Crippen LogP contribution in [0, 0.1) is 0 Å². The van der Waals surface area contributed by atoms with Gasteiger partial charge in [-0.25, -0.2) is 0 Å². The number of unbranched alkanes of at least 4 members (excludes halogenated alkanes) is 1. The zero-order chi connectivity index (χ0) is 13.2. The van der Waals surface area contributed by atoms with Gasteiger partial charge in [-0.1, -0.05) is 13.3 Å². The Kier molecular flexibility index (Phi) is 7.03. The Morgan fingerprint density at radius 3 is 2.33 bits per heavy atom. The van der Waals surface area contributed by atoms with Crippen molar-refractivity contribution in [2.45, 2.75) is 26.7 Å². The van der Waals surface area contributed by atoms with E-state index in [0.29, 0.717) is 25.5 Å². The summed E-state index contributed by atoms with van der Waals surface area (Å²) in [7, 11) is 0. The van der Waals surface area contributed by atoms with Gasteiger partial charge in [0.1, 0.15) is 18.1 Å². The van der Waals surface area contributed by atoms with Crippen LogP contribution in [0.15, 0.2) is 18.2 Å². The molecule has 18 heavy (non-hydrogen) atoms. The highest BCUT2D eigenvalue weighted by molar-refractivity contribution is 5.50. The molecule has 0 aliphatic rings. The van der Waals surface area contributed by atoms with E-state index in [9.17, 15) is 0 Å². The molecule has 0 bridgehead atoms. The number of hydrogen-bond acceptors (Lipinski definition) is 4. The van der Waals surface area contributed by atoms with E-state index in [4.69, 9.17) is 19.9 Å². The van der Waals surface area contributed by atoms with Crippen molar-refractivity contribution in [1.29, 1.82) is 0 Å². The van der Waals surface area contributed by atoms with E-state index in [0.717, 1.165) is 30.9 Å². The molecule has 0 amide bonds. The number of hydrogen-bond donors (Lipinski definition) is 1. The Balaban J connectivity index is 2.32. The van der Waals surface area contributed by atoms with Gasteiger partial charge in [-0.15, -0.1) is 0 Å². The number of ether oxygens (including phenoxy) is 3. The molecule has 1 rings (SSSR count). The second-order valence-corrected chi connectivity index (χ2v) is 3.99. The molecule has 0 heterocycles. The van der Waals surface area contributed by atoms with Gasteiger partial charge in [0.05, 0.1) is 13.2 Å². The van der Waals surface area contributed by atoms with Gasteiger partial charge in [-0.3, -0.25) is 0 Å². The van der Waals surface area contributed by atoms with Crippen molar-refractivity contribution in [2.24, 2.45) is 0 Å². The Morgan fingerprint density at radius 2 is 1.67 bits per heavy atom. The van der Waals surface area contributed by atoms with Crippen molar-refractivity contribution in [2.75, 3.05) is 32.2 Å². The van der Waals surface area contributed by atoms with Gasteiger partial charge < -0.3 is 19.9 Å². The van der Waals surface area contributed by atoms with Gasteiger partial charge >= 0.3 is 0 Å². The molecule has 0 saturated carbocycles. The molecule has 0 aliphatic heterocycles. The van der Waals surface area contributed by atoms with Gasteiger partial charge in [0.15, 0.2) is 0 Å². The lowest BCUT2D eigenvalue weighted by atomic mass is 10.3. The highest BCUT2D eigenvalue weighted by Crippen LogP contribution is 2.24. The van der Waals surface area contributed by atoms with Gasteiger partial charge in [0.25, 0.3) is 0 Å². The van der Waals surface area contributed by atoms with Crippen LogP contribution in [0.25, 0.3) is 0 Å². The largest absolute Gasteiger partial charge is 0.494 e. The normalized spacial score (nSPS) is 10.3. The lowest BCUT2D eigenvalue weighted by Crippen LogP contribution is -2.07. The van der Waals surface area contributed by atoms with Crippen molar-refractivity contribution in [3.05, 3.63) is 18.2 Å². The van der Waals surface area contributed by atoms with E-state index in [2.05, 4.69) is 6.92 Å². The summed E-state index contributed by atoms with van der Waals surface area (Å²) in [6, 6.07) is 5.41. The Labute approximate surface area is 109 Å². The van der Waals surface area contributed by atoms with Gasteiger partial charge in [-0.2, -0.15) is 0 Å². The molecule has 0 radical (unpaired) electrons. The summed E-state index contributed by atoms with van der Waals surface area (Å²) < 4.78 is 16.4. The van der Waals surface area contributed by atoms with Crippen molar-refractivity contribution >= 4 is 5.69 Å². The maximum Gasteiger partial charge on any atom is 0.125 e. The average Bonchev–Trinajstić information content (AvgIpc) is 2.33. The van der Waals surface area contributed by atoms with Crippen LogP contribution in [-0.2, 0) is 4.74 Å². The minimum absolute atomic E-state index is 0.527. The number of nitrogens with two attached hydrogens (primary N) is 1. The van der Waals surface area contributed by atoms with E-state index < -0.39 is 0 Å². The highest BCUT2D eigenvalue weighted by Gasteiger charge is 2.00. The molecule has 102 valence electrons. The summed E-state index contributed by atoms with van der Waals surface area (Å²) in [6.07, 6.45) is 2.24. The monoisotopic (exact) mass is 253 g/mol. The van der Waals surface area contributed by atoms with E-state index >= 15 is 0 Å². The molecule has 4 heteroatoms. The molecule has 0 unspecified atom stereocenters. The number of nitrogen functional groups attached to an aromatic ring is 1. The van der Waals surface area contributed by atoms with E-state index in [1.54, 1.807) is 12.1 Å². The fraction of sp³-hybridized carbons (Fsp3) is 0.571. The maximum atomic E-state index is 5.77. The molecule has 4 nitrogen and oxygen atoms in total. The lowest BCUT2D eigenvalue weighted by molar-refractivity contribution is 0.0980. The van der Waals surface area contributed by atoms with Crippen LogP contribution in [0.3, 0.4) is 0 Å². The smallest absolute Gasteiger partial charge is 0.125 e. The Hall–Kier alpha value is -1.42. The Morgan fingerprint density at radius 1 is 0.944 bits per heavy atom. The van der Waals surface area contributed by atoms with E-state index in [1.807, 2.05) is 13.0 Å². The lowest BCUT2D eigenvalue weighted by Gasteiger charge is -2.10. The summed E-state index contributed by atoms with van der Waals surface area (Å²) in [4.78, 5) is 0. The summed E-state index contributed by atoms with van der Waals surface area (Å²) in [5.74, 6) is 1.46. The molecule has 0 aromatic heterocycles. The highest BCUT2D eigenvalue weighted by atomic mass is 16.5. The van der Waals surface area contributed by atoms with Crippen molar-refractivity contribution in [3.63, 3.8) is 0 Å². The molecule has 0 fully saturated rings. The first-order chi connectivity index (χ1) is 8.76. The quantitative estimate of drug-likeness (QED) is 0.543. The maximum absolute atomic E-state index is 5.77. The van der Waals surface area contributed by atoms with Crippen molar-refractivity contribution < 1.29 is 14.2 Å². The predicted octanol–water partition coefficient (Wildman–Crippen LogP) is 2.86. The molecule has 2 N–H and O–H groups in total. The molecule has 0 saturated heterocycles. The van der Waals surface area contributed by atoms with Crippen LogP contribution < -0.4 is 15.2 Å². The fourth-order valence-corrected chi connectivity index (χ4v) is 1.49. The topological polar surface area (TPSA) is 53.7 Å². The van der Waals surface area contributed by atoms with Gasteiger partial charge in [-0.05, 0) is 13.3 Å². The molecule has 1 aromatic carbocycles. The first-order valence-corrected chi connectivity index (χ1v) is 6.50. The van der Waals surface area contributed by atoms with Gasteiger partial charge in [0, 0.05) is 30.5 Å². The minimum atomic E-state index is 0.527. The predicted molar refractivity (Wildman–Crippen MR) is 73.2 cm³/mol. The molecular weight excluding hydrogens is 230 g/mol. The first-order valence-electron chi connectivity index (χ1n) is 6.50. The zero-order valence-electron chi connectivity index (χ0n) is 11.3. The minimum Gasteiger partial charge on any atom is -0.494 e. The number of rotatable bonds is 9. The van der Waals surface area contributed by atoms with Crippen LogP contribution in [-0.4, -0.2) is 26.4 Å². The fourth-order valence-electron chi connectivity index (χ4n) is 1.49. The second kappa shape index (κ2) is 8.64. The SMILES string of the molecule is CCCCOCCOc1cc(N)cc(OCC)c1. The van der Waals surface area contributed by atoms with Crippen LogP contribution >= 0.6 is 0 Å². The van der Waals surface area contributed by atoms with E-state index in [1.165, 1.54) is 0 Å². The average molecular weight is 253 g/mol. The summed E-state index contributed by atoms with van der Waals surface area (Å²) in [5.41, 5.74) is 6.41. The standard InChI is InChI=1S/C14H23NO3/c1-3-5-6-16-7-8-18-14-10-12(15)9-13(11-14)17-4-2/h9-11H,3-8,15H2,1-2H3. The zero-order valence-corrected chi connectivity index (χ0v) is 11.3. The van der Waals surface area contributed by atoms with E-state index in [-0.39, 0.29) is 0 Å². The third kappa shape index (κ3) is 5.77. The first kappa shape index (κ1) is 14.6. The number of benzene rings is 1. The molecule has 0 aliphatic carbocycles. The molecular formula is C14H23NO3. The third-order valence-corrected chi connectivity index (χ3v) is 2.35. The summed E-state index contributed by atoms with van der Waals surface area (Å²) in [5, 5.41) is 0. The number of anilines is 1. The van der Waals surface area contributed by atoms with Crippen molar-refractivity contribution in [3.8, 4) is 11.5 Å². The second-order valence-electron chi connectivity index (χ2n) is 3.99. The van der Waals surface area contributed by atoms with Crippen molar-refractivity contribution in [1.82, 2.24) is 0 Å². The summed E-state index contributed by atoms with van der Waals surface area (Å²) in [6.45, 7) is 6.61. The van der Waals surface area contributed by atoms with Crippen LogP contribution in [0.1, 0.15) is 26.7 Å². The van der Waals surface area contributed by atoms with Crippen LogP contribution in [0.4, 0.5) is 5.69 Å². The molecule has 1 aromatic rings. The third-order valence-electron chi connectivity index (χ3n) is 2.35. The van der Waals surface area contributed by atoms with Crippen LogP contribution in [0.5, 0.6) is 11.5 Å².